The molecular weight excluding hydrogens is 184 g/mol. The predicted octanol–water partition coefficient (Wildman–Crippen LogP) is 3.07. The molecule has 0 fully saturated rings. The van der Waals surface area contributed by atoms with E-state index in [1.54, 1.807) is 6.08 Å². The monoisotopic (exact) mass is 196 g/mol. The Labute approximate surface area is 90.1 Å². The molecule has 0 bridgehead atoms. The van der Waals surface area contributed by atoms with Gasteiger partial charge in [0.15, 0.2) is 0 Å². The number of nitrogens with zero attached hydrogens (tertiary/aromatic N) is 2. The van der Waals surface area contributed by atoms with Gasteiger partial charge in [0.2, 0.25) is 0 Å². The van der Waals surface area contributed by atoms with Gasteiger partial charge in [0, 0.05) is 0 Å². The van der Waals surface area contributed by atoms with Gasteiger partial charge < -0.3 is 0 Å². The van der Waals surface area contributed by atoms with Gasteiger partial charge in [-0.3, -0.25) is 0 Å². The average Bonchev–Trinajstić information content (AvgIpc) is 2.28. The summed E-state index contributed by atoms with van der Waals surface area (Å²) in [5.74, 6) is 0. The lowest BCUT2D eigenvalue weighted by atomic mass is 10.1. The van der Waals surface area contributed by atoms with Crippen molar-refractivity contribution >= 4 is 6.08 Å². The van der Waals surface area contributed by atoms with Crippen LogP contribution in [0.15, 0.2) is 29.8 Å². The van der Waals surface area contributed by atoms with E-state index in [0.29, 0.717) is 0 Å². The lowest BCUT2D eigenvalue weighted by Gasteiger charge is -1.98. The summed E-state index contributed by atoms with van der Waals surface area (Å²) in [7, 11) is 0. The molecule has 0 N–H and O–H groups in total. The molecule has 0 aliphatic heterocycles. The Hall–Kier alpha value is -2.06. The van der Waals surface area contributed by atoms with E-state index in [0.717, 1.165) is 18.4 Å². The number of aryl methyl sites for hydroxylation is 1. The first-order valence-corrected chi connectivity index (χ1v) is 4.91. The molecule has 2 heteroatoms. The molecule has 0 amide bonds. The Morgan fingerprint density at radius 2 is 1.80 bits per heavy atom. The van der Waals surface area contributed by atoms with Crippen LogP contribution < -0.4 is 0 Å². The van der Waals surface area contributed by atoms with Crippen LogP contribution in [-0.2, 0) is 6.42 Å². The molecule has 0 aromatic heterocycles. The molecule has 0 saturated heterocycles. The van der Waals surface area contributed by atoms with Crippen molar-refractivity contribution in [2.45, 2.75) is 19.8 Å². The maximum absolute atomic E-state index is 8.59. The largest absolute Gasteiger partial charge is 0.192 e. The Balaban J connectivity index is 2.87. The second-order valence-corrected chi connectivity index (χ2v) is 3.27. The third-order valence-corrected chi connectivity index (χ3v) is 2.07. The van der Waals surface area contributed by atoms with Crippen molar-refractivity contribution in [3.63, 3.8) is 0 Å². The Morgan fingerprint density at radius 3 is 2.27 bits per heavy atom. The molecule has 0 saturated carbocycles. The third-order valence-electron chi connectivity index (χ3n) is 2.07. The highest BCUT2D eigenvalue weighted by Gasteiger charge is 1.94. The van der Waals surface area contributed by atoms with Crippen LogP contribution in [0.5, 0.6) is 0 Å². The molecule has 0 aliphatic rings. The van der Waals surface area contributed by atoms with Gasteiger partial charge in [-0.1, -0.05) is 37.6 Å². The normalized spacial score (nSPS) is 8.73. The van der Waals surface area contributed by atoms with Crippen LogP contribution in [0.2, 0.25) is 0 Å². The van der Waals surface area contributed by atoms with Gasteiger partial charge in [-0.2, -0.15) is 10.5 Å². The fraction of sp³-hybridized carbons (Fsp3) is 0.231. The summed E-state index contributed by atoms with van der Waals surface area (Å²) in [6.07, 6.45) is 3.78. The van der Waals surface area contributed by atoms with E-state index in [-0.39, 0.29) is 5.57 Å². The summed E-state index contributed by atoms with van der Waals surface area (Å²) >= 11 is 0. The van der Waals surface area contributed by atoms with Gasteiger partial charge in [-0.15, -0.1) is 0 Å². The van der Waals surface area contributed by atoms with E-state index in [2.05, 4.69) is 6.92 Å². The van der Waals surface area contributed by atoms with Gasteiger partial charge in [-0.25, -0.2) is 0 Å². The maximum Gasteiger partial charge on any atom is 0.130 e. The summed E-state index contributed by atoms with van der Waals surface area (Å²) in [6, 6.07) is 11.6. The van der Waals surface area contributed by atoms with Crippen molar-refractivity contribution in [1.82, 2.24) is 0 Å². The summed E-state index contributed by atoms with van der Waals surface area (Å²) in [5.41, 5.74) is 2.32. The standard InChI is InChI=1S/C13H12N2/c1-2-3-11-4-6-12(7-5-11)8-13(9-14)10-15/h4-8H,2-3H2,1H3. The first-order valence-electron chi connectivity index (χ1n) is 4.91. The Morgan fingerprint density at radius 1 is 1.20 bits per heavy atom. The first kappa shape index (κ1) is 11.0. The van der Waals surface area contributed by atoms with E-state index in [9.17, 15) is 0 Å². The molecule has 0 radical (unpaired) electrons. The van der Waals surface area contributed by atoms with E-state index in [1.165, 1.54) is 5.56 Å². The van der Waals surface area contributed by atoms with Gasteiger partial charge >= 0.3 is 0 Å². The highest BCUT2D eigenvalue weighted by atomic mass is 14.3. The molecular formula is C13H12N2. The maximum atomic E-state index is 8.59. The minimum atomic E-state index is 0.137. The minimum absolute atomic E-state index is 0.137. The summed E-state index contributed by atoms with van der Waals surface area (Å²) in [5, 5.41) is 17.2. The first-order chi connectivity index (χ1) is 7.30. The zero-order valence-electron chi connectivity index (χ0n) is 8.70. The second-order valence-electron chi connectivity index (χ2n) is 3.27. The van der Waals surface area contributed by atoms with E-state index in [1.807, 2.05) is 36.4 Å². The Kier molecular flexibility index (Phi) is 4.13. The predicted molar refractivity (Wildman–Crippen MR) is 59.6 cm³/mol. The Bertz CT molecular complexity index is 411. The van der Waals surface area contributed by atoms with Gasteiger partial charge in [-0.05, 0) is 23.6 Å². The SMILES string of the molecule is CCCc1ccc(C=C(C#N)C#N)cc1. The second kappa shape index (κ2) is 5.62. The average molecular weight is 196 g/mol. The number of hydrogen-bond donors (Lipinski definition) is 0. The number of nitriles is 2. The van der Waals surface area contributed by atoms with Gasteiger partial charge in [0.05, 0.1) is 0 Å². The topological polar surface area (TPSA) is 47.6 Å². The molecule has 74 valence electrons. The summed E-state index contributed by atoms with van der Waals surface area (Å²) < 4.78 is 0. The number of rotatable bonds is 3. The van der Waals surface area contributed by atoms with Crippen molar-refractivity contribution in [2.75, 3.05) is 0 Å². The van der Waals surface area contributed by atoms with E-state index in [4.69, 9.17) is 10.5 Å². The van der Waals surface area contributed by atoms with E-state index >= 15 is 0 Å². The summed E-state index contributed by atoms with van der Waals surface area (Å²) in [6.45, 7) is 2.14. The lowest BCUT2D eigenvalue weighted by molar-refractivity contribution is 0.922. The van der Waals surface area contributed by atoms with Crippen molar-refractivity contribution < 1.29 is 0 Å². The van der Waals surface area contributed by atoms with Crippen molar-refractivity contribution in [3.05, 3.63) is 41.0 Å². The zero-order valence-corrected chi connectivity index (χ0v) is 8.70. The molecule has 0 unspecified atom stereocenters. The molecule has 0 heterocycles. The van der Waals surface area contributed by atoms with Crippen molar-refractivity contribution in [3.8, 4) is 12.1 Å². The molecule has 1 aromatic rings. The van der Waals surface area contributed by atoms with Crippen molar-refractivity contribution in [1.29, 1.82) is 10.5 Å². The number of benzene rings is 1. The van der Waals surface area contributed by atoms with Crippen LogP contribution in [0.3, 0.4) is 0 Å². The third kappa shape index (κ3) is 3.29. The van der Waals surface area contributed by atoms with Crippen LogP contribution >= 0.6 is 0 Å². The van der Waals surface area contributed by atoms with Crippen molar-refractivity contribution in [2.24, 2.45) is 0 Å². The quantitative estimate of drug-likeness (QED) is 0.697. The molecule has 1 rings (SSSR count). The van der Waals surface area contributed by atoms with Crippen LogP contribution in [0, 0.1) is 22.7 Å². The molecule has 0 atom stereocenters. The fourth-order valence-corrected chi connectivity index (χ4v) is 1.33. The number of hydrogen-bond acceptors (Lipinski definition) is 2. The zero-order chi connectivity index (χ0) is 11.1. The fourth-order valence-electron chi connectivity index (χ4n) is 1.33. The highest BCUT2D eigenvalue weighted by Crippen LogP contribution is 2.09. The molecule has 0 aliphatic carbocycles. The molecule has 1 aromatic carbocycles. The van der Waals surface area contributed by atoms with E-state index < -0.39 is 0 Å². The molecule has 2 nitrogen and oxygen atoms in total. The molecule has 15 heavy (non-hydrogen) atoms. The van der Waals surface area contributed by atoms with Crippen LogP contribution in [0.25, 0.3) is 6.08 Å². The lowest BCUT2D eigenvalue weighted by Crippen LogP contribution is -1.83. The smallest absolute Gasteiger partial charge is 0.130 e. The van der Waals surface area contributed by atoms with Gasteiger partial charge in [0.25, 0.3) is 0 Å². The molecule has 0 spiro atoms. The van der Waals surface area contributed by atoms with Gasteiger partial charge in [0.1, 0.15) is 17.7 Å². The van der Waals surface area contributed by atoms with Crippen LogP contribution in [0.1, 0.15) is 24.5 Å². The summed E-state index contributed by atoms with van der Waals surface area (Å²) in [4.78, 5) is 0. The number of allylic oxidation sites excluding steroid dienone is 1. The van der Waals surface area contributed by atoms with Crippen LogP contribution in [0.4, 0.5) is 0 Å². The minimum Gasteiger partial charge on any atom is -0.192 e. The van der Waals surface area contributed by atoms with Crippen LogP contribution in [-0.4, -0.2) is 0 Å². The highest BCUT2D eigenvalue weighted by molar-refractivity contribution is 5.61.